The van der Waals surface area contributed by atoms with Gasteiger partial charge in [-0.3, -0.25) is 14.6 Å². The molecule has 1 aromatic heterocycles. The van der Waals surface area contributed by atoms with E-state index in [-0.39, 0.29) is 23.5 Å². The summed E-state index contributed by atoms with van der Waals surface area (Å²) in [7, 11) is 0. The van der Waals surface area contributed by atoms with Crippen molar-refractivity contribution in [2.24, 2.45) is 0 Å². The van der Waals surface area contributed by atoms with Gasteiger partial charge in [0.15, 0.2) is 0 Å². The molecule has 2 rings (SSSR count). The summed E-state index contributed by atoms with van der Waals surface area (Å²) in [4.78, 5) is 26.8. The molecule has 1 aliphatic rings. The third-order valence-electron chi connectivity index (χ3n) is 2.41. The van der Waals surface area contributed by atoms with Crippen molar-refractivity contribution in [2.45, 2.75) is 18.2 Å². The van der Waals surface area contributed by atoms with Gasteiger partial charge in [0.1, 0.15) is 0 Å². The second kappa shape index (κ2) is 5.67. The van der Waals surface area contributed by atoms with Gasteiger partial charge in [0.2, 0.25) is 11.8 Å². The summed E-state index contributed by atoms with van der Waals surface area (Å²) in [5.74, 6) is 0.439. The zero-order valence-corrected chi connectivity index (χ0v) is 10.00. The fourth-order valence-corrected chi connectivity index (χ4v) is 2.43. The normalized spacial score (nSPS) is 18.8. The molecule has 0 saturated carbocycles. The minimum absolute atomic E-state index is 0.0495. The van der Waals surface area contributed by atoms with Gasteiger partial charge in [-0.2, -0.15) is 0 Å². The van der Waals surface area contributed by atoms with Crippen molar-refractivity contribution in [2.75, 3.05) is 5.88 Å². The van der Waals surface area contributed by atoms with Crippen LogP contribution in [0.4, 0.5) is 0 Å². The first-order valence-corrected chi connectivity index (χ1v) is 6.35. The predicted octanol–water partition coefficient (Wildman–Crippen LogP) is 0.277. The largest absolute Gasteiger partial charge is 0.352 e. The number of aromatic nitrogens is 1. The standard InChI is InChI=1S/C11H13N3O2S/c15-10(4-9-11(16)14-7-17-9)13-6-8-2-1-3-12-5-8/h1-3,5,9H,4,6-7H2,(H,13,15)(H,14,16). The number of hydrogen-bond acceptors (Lipinski definition) is 4. The van der Waals surface area contributed by atoms with Gasteiger partial charge in [-0.05, 0) is 11.6 Å². The number of rotatable bonds is 4. The topological polar surface area (TPSA) is 71.1 Å². The van der Waals surface area contributed by atoms with Gasteiger partial charge in [0, 0.05) is 25.4 Å². The number of nitrogens with zero attached hydrogens (tertiary/aromatic N) is 1. The molecular formula is C11H13N3O2S. The zero-order chi connectivity index (χ0) is 12.1. The molecule has 1 aromatic rings. The Bertz CT molecular complexity index is 410. The molecule has 6 heteroatoms. The van der Waals surface area contributed by atoms with Gasteiger partial charge in [-0.1, -0.05) is 6.07 Å². The first-order valence-electron chi connectivity index (χ1n) is 5.30. The molecule has 1 aliphatic heterocycles. The lowest BCUT2D eigenvalue weighted by Gasteiger charge is -2.07. The molecule has 2 amide bonds. The van der Waals surface area contributed by atoms with Crippen LogP contribution in [0.2, 0.25) is 0 Å². The molecular weight excluding hydrogens is 238 g/mol. The fraction of sp³-hybridized carbons (Fsp3) is 0.364. The molecule has 0 bridgehead atoms. The second-order valence-electron chi connectivity index (χ2n) is 3.68. The van der Waals surface area contributed by atoms with Crippen LogP contribution in [0.25, 0.3) is 0 Å². The third kappa shape index (κ3) is 3.45. The molecule has 90 valence electrons. The van der Waals surface area contributed by atoms with Crippen LogP contribution in [0.3, 0.4) is 0 Å². The number of amides is 2. The molecule has 0 aromatic carbocycles. The van der Waals surface area contributed by atoms with Crippen LogP contribution in [-0.2, 0) is 16.1 Å². The quantitative estimate of drug-likeness (QED) is 0.806. The van der Waals surface area contributed by atoms with Gasteiger partial charge >= 0.3 is 0 Å². The van der Waals surface area contributed by atoms with Crippen LogP contribution in [0.1, 0.15) is 12.0 Å². The van der Waals surface area contributed by atoms with Gasteiger partial charge < -0.3 is 10.6 Å². The Kier molecular flexibility index (Phi) is 3.98. The van der Waals surface area contributed by atoms with Gasteiger partial charge in [-0.25, -0.2) is 0 Å². The van der Waals surface area contributed by atoms with Crippen molar-refractivity contribution < 1.29 is 9.59 Å². The number of nitrogens with one attached hydrogen (secondary N) is 2. The first-order chi connectivity index (χ1) is 8.25. The van der Waals surface area contributed by atoms with E-state index in [1.54, 1.807) is 12.4 Å². The lowest BCUT2D eigenvalue weighted by atomic mass is 10.2. The summed E-state index contributed by atoms with van der Waals surface area (Å²) in [6.45, 7) is 0.450. The van der Waals surface area contributed by atoms with Crippen molar-refractivity contribution >= 4 is 23.6 Å². The van der Waals surface area contributed by atoms with Crippen LogP contribution >= 0.6 is 11.8 Å². The van der Waals surface area contributed by atoms with Crippen molar-refractivity contribution in [3.05, 3.63) is 30.1 Å². The van der Waals surface area contributed by atoms with E-state index >= 15 is 0 Å². The highest BCUT2D eigenvalue weighted by Gasteiger charge is 2.26. The van der Waals surface area contributed by atoms with Crippen LogP contribution in [-0.4, -0.2) is 27.9 Å². The summed E-state index contributed by atoms with van der Waals surface area (Å²) in [5, 5.41) is 5.21. The summed E-state index contributed by atoms with van der Waals surface area (Å²) < 4.78 is 0. The van der Waals surface area contributed by atoms with E-state index in [4.69, 9.17) is 0 Å². The smallest absolute Gasteiger partial charge is 0.234 e. The van der Waals surface area contributed by atoms with Crippen molar-refractivity contribution in [1.82, 2.24) is 15.6 Å². The highest BCUT2D eigenvalue weighted by Crippen LogP contribution is 2.19. The highest BCUT2D eigenvalue weighted by atomic mass is 32.2. The predicted molar refractivity (Wildman–Crippen MR) is 65.1 cm³/mol. The van der Waals surface area contributed by atoms with Crippen molar-refractivity contribution in [1.29, 1.82) is 0 Å². The Hall–Kier alpha value is -1.56. The molecule has 0 radical (unpaired) electrons. The number of thioether (sulfide) groups is 1. The van der Waals surface area contributed by atoms with E-state index in [1.807, 2.05) is 12.1 Å². The lowest BCUT2D eigenvalue weighted by Crippen LogP contribution is -2.30. The first kappa shape index (κ1) is 11.9. The van der Waals surface area contributed by atoms with Crippen LogP contribution < -0.4 is 10.6 Å². The minimum Gasteiger partial charge on any atom is -0.352 e. The maximum atomic E-state index is 11.6. The second-order valence-corrected chi connectivity index (χ2v) is 4.87. The van der Waals surface area contributed by atoms with E-state index in [1.165, 1.54) is 11.8 Å². The molecule has 1 atom stereocenters. The molecule has 1 unspecified atom stereocenters. The summed E-state index contributed by atoms with van der Waals surface area (Å²) >= 11 is 1.47. The van der Waals surface area contributed by atoms with Crippen molar-refractivity contribution in [3.8, 4) is 0 Å². The van der Waals surface area contributed by atoms with E-state index in [0.29, 0.717) is 12.4 Å². The molecule has 5 nitrogen and oxygen atoms in total. The van der Waals surface area contributed by atoms with E-state index in [2.05, 4.69) is 15.6 Å². The average molecular weight is 251 g/mol. The van der Waals surface area contributed by atoms with E-state index in [0.717, 1.165) is 5.56 Å². The summed E-state index contributed by atoms with van der Waals surface area (Å²) in [5.41, 5.74) is 0.948. The molecule has 1 fully saturated rings. The number of carbonyl (C=O) groups is 2. The number of pyridine rings is 1. The van der Waals surface area contributed by atoms with Crippen LogP contribution in [0, 0.1) is 0 Å². The molecule has 2 N–H and O–H groups in total. The third-order valence-corrected chi connectivity index (χ3v) is 3.50. The fourth-order valence-electron chi connectivity index (χ4n) is 1.50. The Morgan fingerprint density at radius 1 is 1.65 bits per heavy atom. The Morgan fingerprint density at radius 2 is 2.53 bits per heavy atom. The molecule has 0 spiro atoms. The number of carbonyl (C=O) groups excluding carboxylic acids is 2. The van der Waals surface area contributed by atoms with Gasteiger partial charge in [0.25, 0.3) is 0 Å². The Morgan fingerprint density at radius 3 is 3.18 bits per heavy atom. The highest BCUT2D eigenvalue weighted by molar-refractivity contribution is 8.01. The van der Waals surface area contributed by atoms with Crippen LogP contribution in [0.5, 0.6) is 0 Å². The van der Waals surface area contributed by atoms with Gasteiger partial charge in [0.05, 0.1) is 11.1 Å². The maximum Gasteiger partial charge on any atom is 0.234 e. The SMILES string of the molecule is O=C(CC1SCNC1=O)NCc1cccnc1. The Labute approximate surface area is 103 Å². The average Bonchev–Trinajstić information content (AvgIpc) is 2.74. The Balaban J connectivity index is 1.76. The van der Waals surface area contributed by atoms with E-state index < -0.39 is 0 Å². The lowest BCUT2D eigenvalue weighted by molar-refractivity contribution is -0.125. The summed E-state index contributed by atoms with van der Waals surface area (Å²) in [6.07, 6.45) is 3.62. The number of hydrogen-bond donors (Lipinski definition) is 2. The van der Waals surface area contributed by atoms with Crippen LogP contribution in [0.15, 0.2) is 24.5 Å². The van der Waals surface area contributed by atoms with Gasteiger partial charge in [-0.15, -0.1) is 11.8 Å². The monoisotopic (exact) mass is 251 g/mol. The van der Waals surface area contributed by atoms with Crippen molar-refractivity contribution in [3.63, 3.8) is 0 Å². The van der Waals surface area contributed by atoms with E-state index in [9.17, 15) is 9.59 Å². The molecule has 17 heavy (non-hydrogen) atoms. The minimum atomic E-state index is -0.246. The summed E-state index contributed by atoms with van der Waals surface area (Å²) in [6, 6.07) is 3.71. The molecule has 1 saturated heterocycles. The maximum absolute atomic E-state index is 11.6. The molecule has 0 aliphatic carbocycles. The zero-order valence-electron chi connectivity index (χ0n) is 9.18. The molecule has 2 heterocycles.